The molecule has 5 rings (SSSR count). The van der Waals surface area contributed by atoms with E-state index in [4.69, 9.17) is 16.3 Å². The van der Waals surface area contributed by atoms with Crippen LogP contribution in [0.5, 0.6) is 5.75 Å². The summed E-state index contributed by atoms with van der Waals surface area (Å²) in [5.74, 6) is 0.329. The third-order valence-electron chi connectivity index (χ3n) is 7.28. The molecule has 1 fully saturated rings. The van der Waals surface area contributed by atoms with Crippen molar-refractivity contribution in [3.05, 3.63) is 93.0 Å². The van der Waals surface area contributed by atoms with Crippen LogP contribution in [0.3, 0.4) is 0 Å². The number of anilines is 2. The lowest BCUT2D eigenvalue weighted by Gasteiger charge is -2.49. The summed E-state index contributed by atoms with van der Waals surface area (Å²) < 4.78 is 5.59. The van der Waals surface area contributed by atoms with Gasteiger partial charge in [-0.25, -0.2) is 0 Å². The van der Waals surface area contributed by atoms with Crippen LogP contribution in [0.2, 0.25) is 5.02 Å². The number of non-ortho nitro benzene ring substituents is 1. The summed E-state index contributed by atoms with van der Waals surface area (Å²) in [6, 6.07) is 20.4. The Morgan fingerprint density at radius 2 is 1.92 bits per heavy atom. The standard InChI is InChI=1S/C28H29ClN4O4/c1-37-27-10-7-21(29)17-25(27)31-13-14-32-24-9-8-22(33(35)36)15-20(24)16-23(26(32)18-31)28(34)30-12-11-19-5-3-2-4-6-19/h2-10,15,17,23,26H,11-14,16,18H2,1H3,(H,30,34). The second kappa shape index (κ2) is 10.7. The quantitative estimate of drug-likeness (QED) is 0.365. The van der Waals surface area contributed by atoms with Crippen molar-refractivity contribution in [3.8, 4) is 5.75 Å². The number of hydrogen-bond acceptors (Lipinski definition) is 6. The van der Waals surface area contributed by atoms with E-state index in [-0.39, 0.29) is 28.5 Å². The van der Waals surface area contributed by atoms with Crippen LogP contribution >= 0.6 is 11.6 Å². The Morgan fingerprint density at radius 3 is 2.68 bits per heavy atom. The van der Waals surface area contributed by atoms with Crippen molar-refractivity contribution in [2.75, 3.05) is 43.1 Å². The van der Waals surface area contributed by atoms with E-state index in [1.54, 1.807) is 25.3 Å². The Bertz CT molecular complexity index is 1300. The van der Waals surface area contributed by atoms with Gasteiger partial charge in [0.15, 0.2) is 0 Å². The molecule has 0 aromatic heterocycles. The average Bonchev–Trinajstić information content (AvgIpc) is 2.92. The predicted octanol–water partition coefficient (Wildman–Crippen LogP) is 4.48. The van der Waals surface area contributed by atoms with Crippen LogP contribution in [0.1, 0.15) is 11.1 Å². The minimum absolute atomic E-state index is 0.0389. The Morgan fingerprint density at radius 1 is 1.11 bits per heavy atom. The van der Waals surface area contributed by atoms with Crippen molar-refractivity contribution in [1.82, 2.24) is 5.32 Å². The molecule has 0 bridgehead atoms. The number of benzene rings is 3. The minimum atomic E-state index is -0.384. The zero-order chi connectivity index (χ0) is 25.9. The van der Waals surface area contributed by atoms with Crippen molar-refractivity contribution in [2.24, 2.45) is 5.92 Å². The zero-order valence-electron chi connectivity index (χ0n) is 20.6. The molecule has 2 atom stereocenters. The van der Waals surface area contributed by atoms with Crippen LogP contribution in [0, 0.1) is 16.0 Å². The molecule has 1 N–H and O–H groups in total. The molecule has 0 radical (unpaired) electrons. The molecule has 0 saturated carbocycles. The highest BCUT2D eigenvalue weighted by atomic mass is 35.5. The van der Waals surface area contributed by atoms with Gasteiger partial charge in [0, 0.05) is 49.0 Å². The number of ether oxygens (including phenoxy) is 1. The number of piperazine rings is 1. The van der Waals surface area contributed by atoms with E-state index in [0.717, 1.165) is 34.7 Å². The Labute approximate surface area is 220 Å². The number of amides is 1. The van der Waals surface area contributed by atoms with Gasteiger partial charge in [0.05, 0.1) is 29.7 Å². The van der Waals surface area contributed by atoms with Crippen LogP contribution < -0.4 is 19.9 Å². The summed E-state index contributed by atoms with van der Waals surface area (Å²) >= 11 is 6.31. The highest BCUT2D eigenvalue weighted by Gasteiger charge is 2.42. The van der Waals surface area contributed by atoms with E-state index in [0.29, 0.717) is 37.6 Å². The molecule has 8 nitrogen and oxygen atoms in total. The molecule has 1 saturated heterocycles. The van der Waals surface area contributed by atoms with Crippen molar-refractivity contribution < 1.29 is 14.5 Å². The number of methoxy groups -OCH3 is 1. The molecule has 37 heavy (non-hydrogen) atoms. The zero-order valence-corrected chi connectivity index (χ0v) is 21.4. The Balaban J connectivity index is 1.42. The third kappa shape index (κ3) is 5.20. The number of hydrogen-bond donors (Lipinski definition) is 1. The first-order chi connectivity index (χ1) is 17.9. The molecule has 3 aromatic carbocycles. The number of rotatable bonds is 7. The number of nitro benzene ring substituents is 1. The number of nitro groups is 1. The molecule has 2 heterocycles. The fourth-order valence-corrected chi connectivity index (χ4v) is 5.62. The Hall–Kier alpha value is -3.78. The van der Waals surface area contributed by atoms with Gasteiger partial charge in [-0.1, -0.05) is 41.9 Å². The summed E-state index contributed by atoms with van der Waals surface area (Å²) in [5, 5.41) is 15.2. The van der Waals surface area contributed by atoms with Gasteiger partial charge in [-0.15, -0.1) is 0 Å². The maximum atomic E-state index is 13.6. The topological polar surface area (TPSA) is 87.9 Å². The molecule has 2 unspecified atom stereocenters. The molecule has 0 aliphatic carbocycles. The summed E-state index contributed by atoms with van der Waals surface area (Å²) in [6.07, 6.45) is 1.18. The number of fused-ring (bicyclic) bond motifs is 3. The maximum Gasteiger partial charge on any atom is 0.269 e. The fourth-order valence-electron chi connectivity index (χ4n) is 5.46. The molecule has 2 aliphatic heterocycles. The third-order valence-corrected chi connectivity index (χ3v) is 7.52. The van der Waals surface area contributed by atoms with Gasteiger partial charge in [0.1, 0.15) is 5.75 Å². The van der Waals surface area contributed by atoms with E-state index in [1.807, 2.05) is 48.5 Å². The summed E-state index contributed by atoms with van der Waals surface area (Å²) in [7, 11) is 1.63. The van der Waals surface area contributed by atoms with E-state index in [2.05, 4.69) is 15.1 Å². The van der Waals surface area contributed by atoms with Crippen LogP contribution in [-0.2, 0) is 17.6 Å². The van der Waals surface area contributed by atoms with Crippen molar-refractivity contribution in [2.45, 2.75) is 18.9 Å². The molecule has 9 heteroatoms. The monoisotopic (exact) mass is 520 g/mol. The fraction of sp³-hybridized carbons (Fsp3) is 0.321. The van der Waals surface area contributed by atoms with Crippen molar-refractivity contribution in [1.29, 1.82) is 0 Å². The number of nitrogens with zero attached hydrogens (tertiary/aromatic N) is 3. The van der Waals surface area contributed by atoms with Gasteiger partial charge in [0.25, 0.3) is 5.69 Å². The first-order valence-electron chi connectivity index (χ1n) is 12.4. The molecular formula is C28H29ClN4O4. The minimum Gasteiger partial charge on any atom is -0.495 e. The van der Waals surface area contributed by atoms with Gasteiger partial charge >= 0.3 is 0 Å². The lowest BCUT2D eigenvalue weighted by molar-refractivity contribution is -0.384. The van der Waals surface area contributed by atoms with Crippen molar-refractivity contribution >= 4 is 34.6 Å². The lowest BCUT2D eigenvalue weighted by atomic mass is 9.83. The van der Waals surface area contributed by atoms with Gasteiger partial charge in [0.2, 0.25) is 5.91 Å². The van der Waals surface area contributed by atoms with E-state index < -0.39 is 0 Å². The molecule has 3 aromatic rings. The van der Waals surface area contributed by atoms with Gasteiger partial charge < -0.3 is 19.9 Å². The first kappa shape index (κ1) is 24.9. The molecule has 192 valence electrons. The van der Waals surface area contributed by atoms with Crippen LogP contribution in [0.4, 0.5) is 17.1 Å². The second-order valence-corrected chi connectivity index (χ2v) is 9.87. The predicted molar refractivity (Wildman–Crippen MR) is 145 cm³/mol. The molecule has 1 amide bonds. The largest absolute Gasteiger partial charge is 0.495 e. The number of carbonyl (C=O) groups excluding carboxylic acids is 1. The van der Waals surface area contributed by atoms with Gasteiger partial charge in [-0.3, -0.25) is 14.9 Å². The molecule has 2 aliphatic rings. The first-order valence-corrected chi connectivity index (χ1v) is 12.8. The smallest absolute Gasteiger partial charge is 0.269 e. The normalized spacial score (nSPS) is 18.5. The number of halogens is 1. The van der Waals surface area contributed by atoms with Crippen LogP contribution in [0.25, 0.3) is 0 Å². The second-order valence-electron chi connectivity index (χ2n) is 9.43. The van der Waals surface area contributed by atoms with E-state index in [9.17, 15) is 14.9 Å². The summed E-state index contributed by atoms with van der Waals surface area (Å²) in [4.78, 5) is 29.1. The highest BCUT2D eigenvalue weighted by molar-refractivity contribution is 6.31. The Kier molecular flexibility index (Phi) is 7.19. The highest BCUT2D eigenvalue weighted by Crippen LogP contribution is 2.40. The van der Waals surface area contributed by atoms with Gasteiger partial charge in [-0.2, -0.15) is 0 Å². The summed E-state index contributed by atoms with van der Waals surface area (Å²) in [5.41, 5.74) is 3.89. The SMILES string of the molecule is COc1ccc(Cl)cc1N1CCN2c3ccc([N+](=O)[O-])cc3CC(C(=O)NCCc3ccccc3)C2C1. The van der Waals surface area contributed by atoms with Crippen molar-refractivity contribution in [3.63, 3.8) is 0 Å². The average molecular weight is 521 g/mol. The number of carbonyl (C=O) groups is 1. The molecule has 0 spiro atoms. The maximum absolute atomic E-state index is 13.6. The van der Waals surface area contributed by atoms with Gasteiger partial charge in [-0.05, 0) is 48.2 Å². The van der Waals surface area contributed by atoms with E-state index >= 15 is 0 Å². The molecular weight excluding hydrogens is 492 g/mol. The van der Waals surface area contributed by atoms with E-state index in [1.165, 1.54) is 0 Å². The lowest BCUT2D eigenvalue weighted by Crippen LogP contribution is -2.61. The number of nitrogens with one attached hydrogen (secondary N) is 1. The van der Waals surface area contributed by atoms with Crippen LogP contribution in [0.15, 0.2) is 66.7 Å². The van der Waals surface area contributed by atoms with Crippen LogP contribution in [-0.4, -0.2) is 50.2 Å². The summed E-state index contributed by atoms with van der Waals surface area (Å²) in [6.45, 7) is 2.49.